The van der Waals surface area contributed by atoms with Gasteiger partial charge in [-0.15, -0.1) is 0 Å². The molecule has 12 heterocycles. The van der Waals surface area contributed by atoms with Gasteiger partial charge in [0.15, 0.2) is 0 Å². The number of unbranched alkanes of at least 4 members (excludes halogenated alkanes) is 1. The number of nitrogens with one attached hydrogen (secondary N) is 4. The number of benzene rings is 8. The molecule has 35 heteroatoms. The Balaban J connectivity index is 0.000000135. The number of hydrogen-bond donors (Lipinski definition) is 4. The molecule has 0 spiro atoms. The normalized spacial score (nSPS) is 21.9. The van der Waals surface area contributed by atoms with Gasteiger partial charge in [-0.05, 0) is 203 Å². The Labute approximate surface area is 859 Å². The number of hydrogen-bond acceptors (Lipinski definition) is 22. The molecule has 32 nitrogen and oxygen atoms in total. The van der Waals surface area contributed by atoms with Gasteiger partial charge in [0.25, 0.3) is 35.4 Å². The number of piperidine rings is 6. The van der Waals surface area contributed by atoms with Crippen LogP contribution in [0.3, 0.4) is 0 Å². The fourth-order valence-electron chi connectivity index (χ4n) is 21.2. The zero-order valence-electron chi connectivity index (χ0n) is 84.7. The van der Waals surface area contributed by atoms with Crippen molar-refractivity contribution in [1.82, 2.24) is 70.3 Å². The predicted molar refractivity (Wildman–Crippen MR) is 539 cm³/mol. The number of likely N-dealkylation sites (tertiary alicyclic amines) is 2. The summed E-state index contributed by atoms with van der Waals surface area (Å²) in [7, 11) is 0. The second-order valence-electron chi connectivity index (χ2n) is 41.6. The van der Waals surface area contributed by atoms with Gasteiger partial charge in [-0.3, -0.25) is 108 Å². The van der Waals surface area contributed by atoms with Crippen LogP contribution in [0.2, 0.25) is 0 Å². The van der Waals surface area contributed by atoms with E-state index in [1.807, 2.05) is 94.4 Å². The number of nitrogens with zero attached hydrogens (tertiary/aromatic N) is 10. The first-order valence-corrected chi connectivity index (χ1v) is 51.5. The van der Waals surface area contributed by atoms with Crippen LogP contribution >= 0.6 is 0 Å². The molecule has 780 valence electrons. The molecule has 8 saturated heterocycles. The van der Waals surface area contributed by atoms with Crippen LogP contribution in [0.4, 0.5) is 13.2 Å². The number of carbonyl (C=O) groups is 14. The maximum atomic E-state index is 13.2. The first-order valence-electron chi connectivity index (χ1n) is 51.5. The highest BCUT2D eigenvalue weighted by Crippen LogP contribution is 2.44. The van der Waals surface area contributed by atoms with E-state index in [1.165, 1.54) is 33.1 Å². The number of halogens is 3. The Kier molecular flexibility index (Phi) is 32.6. The summed E-state index contributed by atoms with van der Waals surface area (Å²) >= 11 is 0. The van der Waals surface area contributed by atoms with Crippen LogP contribution in [0.5, 0.6) is 23.0 Å². The number of carbonyl (C=O) groups excluding carboxylic acids is 14. The smallest absolute Gasteiger partial charge is 0.391 e. The van der Waals surface area contributed by atoms with E-state index in [9.17, 15) is 80.3 Å². The zero-order chi connectivity index (χ0) is 104. The van der Waals surface area contributed by atoms with E-state index in [0.717, 1.165) is 140 Å². The molecule has 8 aromatic rings. The molecule has 0 aromatic heterocycles. The monoisotopic (exact) mass is 2030 g/mol. The van der Waals surface area contributed by atoms with Crippen molar-refractivity contribution in [3.05, 3.63) is 259 Å². The summed E-state index contributed by atoms with van der Waals surface area (Å²) in [4.78, 5) is 192. The Morgan fingerprint density at radius 3 is 0.993 bits per heavy atom. The minimum Gasteiger partial charge on any atom is -0.489 e. The molecule has 14 amide bonds. The van der Waals surface area contributed by atoms with Crippen molar-refractivity contribution in [3.8, 4) is 23.0 Å². The number of fused-ring (bicyclic) bond motifs is 4. The van der Waals surface area contributed by atoms with Gasteiger partial charge < -0.3 is 48.3 Å². The van der Waals surface area contributed by atoms with Crippen LogP contribution in [-0.4, -0.2) is 240 Å². The Bertz CT molecular complexity index is 6360. The molecule has 8 fully saturated rings. The molecule has 20 rings (SSSR count). The number of ether oxygens (including phenoxy) is 4. The first-order chi connectivity index (χ1) is 71.0. The minimum atomic E-state index is -4.11. The topological polar surface area (TPSA) is 356 Å². The maximum absolute atomic E-state index is 13.2. The SMILES string of the molecule is CC1(C)CCN(Cc2ccc(COc3cccc4c3CN([C@@]3(C)CCC(=O)NC3=O)C4=O)cc2)CC1.CCCCN1CCN(Cc2ccc(COc3cccc4c3CN(C3CCC(=O)NC3=O)C4=O)cc2)CC1=O.CCN1CCN(Cc2ccc(COc3cccc4c3CN(C3CCC(=O)NC3=O)C4=O)cc2)CC1=O.C[C@]1(N2Cc3c(OCc4ccc(CN5CCC(C(F)(F)F)CC5)cc4)cccc3C2=O)CCC(=O)NC1=O. The molecule has 2 unspecified atom stereocenters. The summed E-state index contributed by atoms with van der Waals surface area (Å²) in [6.07, 6.45) is 2.86. The fourth-order valence-corrected chi connectivity index (χ4v) is 21.2. The molecular formula is C113H129F3N14O18. The van der Waals surface area contributed by atoms with Gasteiger partial charge in [0.2, 0.25) is 47.3 Å². The van der Waals surface area contributed by atoms with E-state index in [2.05, 4.69) is 105 Å². The van der Waals surface area contributed by atoms with Crippen molar-refractivity contribution in [3.63, 3.8) is 0 Å². The number of imide groups is 4. The van der Waals surface area contributed by atoms with E-state index in [1.54, 1.807) is 67.3 Å². The Morgan fingerprint density at radius 1 is 0.338 bits per heavy atom. The van der Waals surface area contributed by atoms with Crippen LogP contribution in [0.15, 0.2) is 170 Å². The van der Waals surface area contributed by atoms with Gasteiger partial charge in [-0.1, -0.05) is 149 Å². The van der Waals surface area contributed by atoms with Crippen LogP contribution in [0, 0.1) is 11.3 Å². The lowest BCUT2D eigenvalue weighted by atomic mass is 9.82. The highest BCUT2D eigenvalue weighted by Gasteiger charge is 2.52. The molecule has 0 bridgehead atoms. The summed E-state index contributed by atoms with van der Waals surface area (Å²) < 4.78 is 63.2. The van der Waals surface area contributed by atoms with Crippen molar-refractivity contribution < 1.29 is 99.2 Å². The molecule has 12 aliphatic heterocycles. The molecule has 8 aromatic carbocycles. The van der Waals surface area contributed by atoms with Gasteiger partial charge in [0.05, 0.1) is 45.2 Å². The van der Waals surface area contributed by atoms with Crippen LogP contribution in [-0.2, 0) is 127 Å². The van der Waals surface area contributed by atoms with Gasteiger partial charge in [0, 0.05) is 136 Å². The highest BCUT2D eigenvalue weighted by atomic mass is 19.4. The molecule has 4 atom stereocenters. The summed E-state index contributed by atoms with van der Waals surface area (Å²) in [6, 6.07) is 52.8. The average Bonchev–Trinajstić information content (AvgIpc) is 1.60. The lowest BCUT2D eigenvalue weighted by molar-refractivity contribution is -0.185. The fraction of sp³-hybridized carbons (Fsp3) is 0.451. The predicted octanol–water partition coefficient (Wildman–Crippen LogP) is 12.4. The number of alkyl halides is 3. The third-order valence-electron chi connectivity index (χ3n) is 30.8. The largest absolute Gasteiger partial charge is 0.489 e. The summed E-state index contributed by atoms with van der Waals surface area (Å²) in [6.45, 7) is 26.7. The van der Waals surface area contributed by atoms with Crippen molar-refractivity contribution in [2.45, 2.75) is 240 Å². The first kappa shape index (κ1) is 105. The maximum Gasteiger partial charge on any atom is 0.391 e. The van der Waals surface area contributed by atoms with Crippen LogP contribution < -0.4 is 40.2 Å². The molecule has 12 aliphatic rings. The van der Waals surface area contributed by atoms with E-state index < -0.39 is 58.9 Å². The molecule has 0 saturated carbocycles. The molecule has 0 radical (unpaired) electrons. The van der Waals surface area contributed by atoms with E-state index in [0.29, 0.717) is 128 Å². The zero-order valence-corrected chi connectivity index (χ0v) is 84.7. The van der Waals surface area contributed by atoms with Crippen molar-refractivity contribution in [2.24, 2.45) is 11.3 Å². The number of likely N-dealkylation sites (N-methyl/N-ethyl adjacent to an activating group) is 1. The summed E-state index contributed by atoms with van der Waals surface area (Å²) in [5.41, 5.74) is 12.0. The number of piperazine rings is 2. The van der Waals surface area contributed by atoms with Gasteiger partial charge in [-0.25, -0.2) is 0 Å². The van der Waals surface area contributed by atoms with Crippen molar-refractivity contribution in [2.75, 3.05) is 78.5 Å². The van der Waals surface area contributed by atoms with Gasteiger partial charge in [0.1, 0.15) is 72.6 Å². The van der Waals surface area contributed by atoms with Gasteiger partial charge in [-0.2, -0.15) is 13.2 Å². The summed E-state index contributed by atoms with van der Waals surface area (Å²) in [5.74, 6) is -2.23. The third kappa shape index (κ3) is 24.5. The van der Waals surface area contributed by atoms with E-state index in [-0.39, 0.29) is 137 Å². The lowest BCUT2D eigenvalue weighted by Gasteiger charge is -2.39. The lowest BCUT2D eigenvalue weighted by Crippen LogP contribution is -2.61. The quantitative estimate of drug-likeness (QED) is 0.0331. The molecule has 4 N–H and O–H groups in total. The third-order valence-corrected chi connectivity index (χ3v) is 30.8. The Hall–Kier alpha value is -14.0. The molecule has 0 aliphatic carbocycles. The Morgan fingerprint density at radius 2 is 0.662 bits per heavy atom. The standard InChI is InChI=1S/C29H34N4O5.C29H35N3O4.C28H30F3N3O4.C27H30N4O5/c1-2-3-13-32-15-14-31(18-27(32)35)16-20-7-9-21(10-8-20)19-38-25-6-4-5-22-23(25)17-33(29(22)37)24-11-12-26(34)30-28(24)36;1-28(2)13-15-31(16-14-28)17-20-7-9-21(10-8-20)19-36-24-6-4-5-22-23(24)18-32(26(22)34)29(3)12-11-25(33)30-27(29)35;1-27(12-9-24(35)32-26(27)37)34-16-22-21(25(34)36)3-2-4-23(22)38-17-19-7-5-18(6-8-19)15-33-13-10-20(11-14-33)28(29,30)31;1-2-30-13-12-29(16-25(30)33)14-18-6-8-19(9-7-18)17-36-23-5-3-4-20-21(23)15-31(27(20)35)22-10-11-24(32)28-26(22)34/h4-10,24H,2-3,11-19H2,1H3,(H,30,34,36);4-10H,11-19H2,1-3H3,(H,30,33,35);2-8,20H,9-17H2,1H3,(H,32,35,37);3-9,22H,2,10-17H2,1H3,(H,28,32,34)/t;29-;27-;/m.00./s1. The average molecular weight is 2030 g/mol. The van der Waals surface area contributed by atoms with Crippen molar-refractivity contribution in [1.29, 1.82) is 0 Å². The highest BCUT2D eigenvalue weighted by molar-refractivity contribution is 6.10. The molecule has 148 heavy (non-hydrogen) atoms. The van der Waals surface area contributed by atoms with Crippen molar-refractivity contribution >= 4 is 82.7 Å². The minimum absolute atomic E-state index is 0.138. The second kappa shape index (κ2) is 45.8. The van der Waals surface area contributed by atoms with Crippen LogP contribution in [0.25, 0.3) is 0 Å². The summed E-state index contributed by atoms with van der Waals surface area (Å²) in [5, 5.41) is 9.38. The molecular weight excluding hydrogens is 1900 g/mol. The van der Waals surface area contributed by atoms with Gasteiger partial charge >= 0.3 is 6.18 Å². The van der Waals surface area contributed by atoms with E-state index >= 15 is 0 Å². The number of rotatable bonds is 28. The van der Waals surface area contributed by atoms with E-state index in [4.69, 9.17) is 18.9 Å². The second-order valence-corrected chi connectivity index (χ2v) is 41.6. The number of amides is 14. The van der Waals surface area contributed by atoms with Crippen LogP contribution in [0.1, 0.15) is 240 Å².